The van der Waals surface area contributed by atoms with Crippen LogP contribution in [-0.2, 0) is 4.79 Å². The molecule has 40 valence electrons. The Hall–Kier alpha value is -0.660. The third-order valence-electron chi connectivity index (χ3n) is 0.862. The van der Waals surface area contributed by atoms with Crippen LogP contribution in [0.3, 0.4) is 0 Å². The Morgan fingerprint density at radius 2 is 2.29 bits per heavy atom. The van der Waals surface area contributed by atoms with Gasteiger partial charge in [-0.2, -0.15) is 0 Å². The van der Waals surface area contributed by atoms with E-state index in [0.717, 1.165) is 0 Å². The number of hydrogen-bond acceptors (Lipinski definition) is 2. The highest BCUT2D eigenvalue weighted by molar-refractivity contribution is 5.81. The molecule has 0 N–H and O–H groups in total. The van der Waals surface area contributed by atoms with Crippen LogP contribution in [0.25, 0.3) is 0 Å². The molecule has 0 spiro atoms. The number of carbonyl (C=O) groups excluding carboxylic acids is 1. The van der Waals surface area contributed by atoms with Gasteiger partial charge in [0, 0.05) is 0 Å². The van der Waals surface area contributed by atoms with E-state index in [1.807, 2.05) is 0 Å². The molecular weight excluding hydrogens is 90.1 g/mol. The SMILES string of the molecule is C=N[C@@H](C)C(C)=O. The summed E-state index contributed by atoms with van der Waals surface area (Å²) in [5.74, 6) is 0.0648. The van der Waals surface area contributed by atoms with Crippen molar-refractivity contribution in [3.63, 3.8) is 0 Å². The molecule has 0 bridgehead atoms. The van der Waals surface area contributed by atoms with Crippen LogP contribution in [-0.4, -0.2) is 18.5 Å². The summed E-state index contributed by atoms with van der Waals surface area (Å²) in [6.07, 6.45) is 0. The van der Waals surface area contributed by atoms with Gasteiger partial charge in [0.2, 0.25) is 0 Å². The van der Waals surface area contributed by atoms with Crippen molar-refractivity contribution in [3.8, 4) is 0 Å². The number of rotatable bonds is 2. The van der Waals surface area contributed by atoms with Crippen LogP contribution in [0.2, 0.25) is 0 Å². The second kappa shape index (κ2) is 2.50. The van der Waals surface area contributed by atoms with Gasteiger partial charge < -0.3 is 0 Å². The fraction of sp³-hybridized carbons (Fsp3) is 0.600. The maximum Gasteiger partial charge on any atom is 0.153 e. The average Bonchev–Trinajstić information content (AvgIpc) is 1.65. The zero-order chi connectivity index (χ0) is 5.86. The molecule has 2 heteroatoms. The predicted molar refractivity (Wildman–Crippen MR) is 29.7 cm³/mol. The first-order valence-corrected chi connectivity index (χ1v) is 2.14. The lowest BCUT2D eigenvalue weighted by atomic mass is 10.3. The van der Waals surface area contributed by atoms with E-state index in [0.29, 0.717) is 0 Å². The summed E-state index contributed by atoms with van der Waals surface area (Å²) in [5, 5.41) is 0. The Bertz CT molecular complexity index is 88.1. The van der Waals surface area contributed by atoms with Gasteiger partial charge in [-0.1, -0.05) is 0 Å². The summed E-state index contributed by atoms with van der Waals surface area (Å²) in [6, 6.07) is -0.222. The standard InChI is InChI=1S/C5H9NO/c1-4(6-3)5(2)7/h4H,3H2,1-2H3/t4-/m0/s1. The van der Waals surface area contributed by atoms with Gasteiger partial charge in [0.1, 0.15) is 6.04 Å². The fourth-order valence-corrected chi connectivity index (χ4v) is 0.129. The van der Waals surface area contributed by atoms with E-state index < -0.39 is 0 Å². The van der Waals surface area contributed by atoms with E-state index >= 15 is 0 Å². The molecule has 0 radical (unpaired) electrons. The van der Waals surface area contributed by atoms with Crippen LogP contribution < -0.4 is 0 Å². The summed E-state index contributed by atoms with van der Waals surface area (Å²) in [7, 11) is 0. The fourth-order valence-electron chi connectivity index (χ4n) is 0.129. The second-order valence-electron chi connectivity index (χ2n) is 1.47. The lowest BCUT2D eigenvalue weighted by molar-refractivity contribution is -0.117. The van der Waals surface area contributed by atoms with Gasteiger partial charge in [-0.25, -0.2) is 0 Å². The molecule has 0 aromatic carbocycles. The molecule has 0 aromatic heterocycles. The Morgan fingerprint density at radius 1 is 1.86 bits per heavy atom. The Morgan fingerprint density at radius 3 is 2.29 bits per heavy atom. The summed E-state index contributed by atoms with van der Waals surface area (Å²) in [5.41, 5.74) is 0. The van der Waals surface area contributed by atoms with Gasteiger partial charge >= 0.3 is 0 Å². The summed E-state index contributed by atoms with van der Waals surface area (Å²) in [6.45, 7) is 6.43. The Labute approximate surface area is 43.3 Å². The highest BCUT2D eigenvalue weighted by atomic mass is 16.1. The molecule has 1 atom stereocenters. The summed E-state index contributed by atoms with van der Waals surface area (Å²) < 4.78 is 0. The van der Waals surface area contributed by atoms with Crippen molar-refractivity contribution in [2.75, 3.05) is 0 Å². The zero-order valence-electron chi connectivity index (χ0n) is 4.64. The minimum atomic E-state index is -0.222. The van der Waals surface area contributed by atoms with Crippen molar-refractivity contribution in [1.29, 1.82) is 0 Å². The van der Waals surface area contributed by atoms with Gasteiger partial charge in [-0.3, -0.25) is 9.79 Å². The van der Waals surface area contributed by atoms with Crippen molar-refractivity contribution in [3.05, 3.63) is 0 Å². The van der Waals surface area contributed by atoms with E-state index in [1.54, 1.807) is 6.92 Å². The first-order valence-electron chi connectivity index (χ1n) is 2.14. The minimum absolute atomic E-state index is 0.0648. The van der Waals surface area contributed by atoms with Crippen molar-refractivity contribution < 1.29 is 4.79 Å². The molecule has 0 aliphatic heterocycles. The van der Waals surface area contributed by atoms with Gasteiger partial charge in [0.05, 0.1) is 0 Å². The molecule has 0 saturated carbocycles. The van der Waals surface area contributed by atoms with Crippen molar-refractivity contribution in [2.45, 2.75) is 19.9 Å². The van der Waals surface area contributed by atoms with Crippen LogP contribution in [0.1, 0.15) is 13.8 Å². The molecule has 0 rings (SSSR count). The van der Waals surface area contributed by atoms with Crippen LogP contribution in [0.4, 0.5) is 0 Å². The molecule has 0 aromatic rings. The van der Waals surface area contributed by atoms with Crippen molar-refractivity contribution >= 4 is 12.5 Å². The van der Waals surface area contributed by atoms with E-state index in [2.05, 4.69) is 11.7 Å². The van der Waals surface area contributed by atoms with Gasteiger partial charge in [-0.15, -0.1) is 0 Å². The molecule has 2 nitrogen and oxygen atoms in total. The maximum atomic E-state index is 10.2. The van der Waals surface area contributed by atoms with E-state index in [4.69, 9.17) is 0 Å². The van der Waals surface area contributed by atoms with Crippen LogP contribution >= 0.6 is 0 Å². The van der Waals surface area contributed by atoms with Crippen molar-refractivity contribution in [2.24, 2.45) is 4.99 Å². The average molecular weight is 99.1 g/mol. The van der Waals surface area contributed by atoms with Crippen LogP contribution in [0.15, 0.2) is 4.99 Å². The number of nitrogens with zero attached hydrogens (tertiary/aromatic N) is 1. The second-order valence-corrected chi connectivity index (χ2v) is 1.47. The number of carbonyl (C=O) groups is 1. The lowest BCUT2D eigenvalue weighted by Gasteiger charge is -1.93. The summed E-state index contributed by atoms with van der Waals surface area (Å²) >= 11 is 0. The van der Waals surface area contributed by atoms with E-state index in [1.165, 1.54) is 6.92 Å². The quantitative estimate of drug-likeness (QED) is 0.468. The molecule has 0 heterocycles. The molecule has 0 aliphatic rings. The van der Waals surface area contributed by atoms with E-state index in [-0.39, 0.29) is 11.8 Å². The number of hydrogen-bond donors (Lipinski definition) is 0. The maximum absolute atomic E-state index is 10.2. The Kier molecular flexibility index (Phi) is 2.27. The third-order valence-corrected chi connectivity index (χ3v) is 0.862. The van der Waals surface area contributed by atoms with Crippen LogP contribution in [0.5, 0.6) is 0 Å². The van der Waals surface area contributed by atoms with Crippen molar-refractivity contribution in [1.82, 2.24) is 0 Å². The normalized spacial score (nSPS) is 12.9. The molecule has 0 amide bonds. The zero-order valence-corrected chi connectivity index (χ0v) is 4.64. The molecule has 0 unspecified atom stereocenters. The topological polar surface area (TPSA) is 29.4 Å². The van der Waals surface area contributed by atoms with E-state index in [9.17, 15) is 4.79 Å². The summed E-state index contributed by atoms with van der Waals surface area (Å²) in [4.78, 5) is 13.7. The van der Waals surface area contributed by atoms with Gasteiger partial charge in [0.15, 0.2) is 5.78 Å². The lowest BCUT2D eigenvalue weighted by Crippen LogP contribution is -2.08. The molecule has 0 fully saturated rings. The molecule has 7 heavy (non-hydrogen) atoms. The number of ketones is 1. The monoisotopic (exact) mass is 99.1 g/mol. The van der Waals surface area contributed by atoms with Crippen LogP contribution in [0, 0.1) is 0 Å². The Balaban J connectivity index is 3.55. The van der Waals surface area contributed by atoms with Gasteiger partial charge in [-0.05, 0) is 20.6 Å². The predicted octanol–water partition coefficient (Wildman–Crippen LogP) is 0.665. The first-order chi connectivity index (χ1) is 3.18. The molecule has 0 aliphatic carbocycles. The molecule has 0 saturated heterocycles. The van der Waals surface area contributed by atoms with Gasteiger partial charge in [0.25, 0.3) is 0 Å². The largest absolute Gasteiger partial charge is 0.298 e. The minimum Gasteiger partial charge on any atom is -0.298 e. The smallest absolute Gasteiger partial charge is 0.153 e. The number of aliphatic imine (C=N–C) groups is 1. The highest BCUT2D eigenvalue weighted by Gasteiger charge is 1.99. The number of Topliss-reactive ketones (excluding diaryl/α,β-unsaturated/α-hetero) is 1. The highest BCUT2D eigenvalue weighted by Crippen LogP contribution is 1.85. The molecular formula is C5H9NO. The first kappa shape index (κ1) is 6.34. The third kappa shape index (κ3) is 2.09.